The van der Waals surface area contributed by atoms with E-state index in [1.807, 2.05) is 73.6 Å². The zero-order chi connectivity index (χ0) is 20.4. The fraction of sp³-hybridized carbons (Fsp3) is 0.273. The van der Waals surface area contributed by atoms with E-state index in [0.717, 1.165) is 42.3 Å². The topological polar surface area (TPSA) is 64.3 Å². The highest BCUT2D eigenvalue weighted by molar-refractivity contribution is 6.30. The molecule has 1 unspecified atom stereocenters. The smallest absolute Gasteiger partial charge is 0.251 e. The number of hydrogen-bond donors (Lipinski definition) is 2. The van der Waals surface area contributed by atoms with Gasteiger partial charge in [-0.25, -0.2) is 0 Å². The largest absolute Gasteiger partial charge is 0.378 e. The van der Waals surface area contributed by atoms with Crippen LogP contribution < -0.4 is 15.1 Å². The highest BCUT2D eigenvalue weighted by Crippen LogP contribution is 2.25. The standard InChI is InChI=1S/C22H24ClN5O/c1-27(2)19-9-5-16(6-10-19)22(29)24-18-11-12-28(14-18)21-13-20(25-26-21)15-3-7-17(23)8-4-15/h3-10,13,18H,11-12,14H2,1-2H3,(H,24,29)(H,25,26). The number of aromatic amines is 1. The molecule has 4 rings (SSSR count). The fourth-order valence-electron chi connectivity index (χ4n) is 3.52. The second-order valence-electron chi connectivity index (χ2n) is 7.49. The van der Waals surface area contributed by atoms with Crippen molar-refractivity contribution in [3.05, 3.63) is 65.2 Å². The van der Waals surface area contributed by atoms with Gasteiger partial charge in [-0.15, -0.1) is 0 Å². The zero-order valence-corrected chi connectivity index (χ0v) is 17.3. The van der Waals surface area contributed by atoms with Crippen LogP contribution in [0.5, 0.6) is 0 Å². The van der Waals surface area contributed by atoms with Crippen LogP contribution in [0.2, 0.25) is 5.02 Å². The van der Waals surface area contributed by atoms with Crippen molar-refractivity contribution >= 4 is 29.0 Å². The highest BCUT2D eigenvalue weighted by atomic mass is 35.5. The molecule has 0 aliphatic carbocycles. The first kappa shape index (κ1) is 19.3. The Bertz CT molecular complexity index is 981. The molecular weight excluding hydrogens is 386 g/mol. The van der Waals surface area contributed by atoms with E-state index in [4.69, 9.17) is 11.6 Å². The van der Waals surface area contributed by atoms with E-state index in [0.29, 0.717) is 10.6 Å². The summed E-state index contributed by atoms with van der Waals surface area (Å²) in [6.45, 7) is 1.60. The molecule has 0 bridgehead atoms. The summed E-state index contributed by atoms with van der Waals surface area (Å²) in [5.41, 5.74) is 3.74. The maximum absolute atomic E-state index is 12.6. The van der Waals surface area contributed by atoms with Gasteiger partial charge in [0.1, 0.15) is 0 Å². The molecule has 1 atom stereocenters. The molecule has 2 aromatic carbocycles. The van der Waals surface area contributed by atoms with Crippen molar-refractivity contribution in [2.24, 2.45) is 0 Å². The van der Waals surface area contributed by atoms with Crippen LogP contribution in [0.4, 0.5) is 11.5 Å². The molecule has 1 fully saturated rings. The minimum atomic E-state index is -0.0361. The van der Waals surface area contributed by atoms with Gasteiger partial charge < -0.3 is 15.1 Å². The van der Waals surface area contributed by atoms with Crippen molar-refractivity contribution < 1.29 is 4.79 Å². The van der Waals surface area contributed by atoms with E-state index in [2.05, 4.69) is 20.4 Å². The first-order valence-electron chi connectivity index (χ1n) is 9.64. The average Bonchev–Trinajstić information content (AvgIpc) is 3.38. The first-order chi connectivity index (χ1) is 14.0. The second kappa shape index (κ2) is 8.17. The molecule has 29 heavy (non-hydrogen) atoms. The predicted molar refractivity (Wildman–Crippen MR) is 118 cm³/mol. The summed E-state index contributed by atoms with van der Waals surface area (Å²) < 4.78 is 0. The molecule has 1 amide bonds. The van der Waals surface area contributed by atoms with E-state index < -0.39 is 0 Å². The summed E-state index contributed by atoms with van der Waals surface area (Å²) in [4.78, 5) is 16.8. The molecule has 0 radical (unpaired) electrons. The quantitative estimate of drug-likeness (QED) is 0.672. The lowest BCUT2D eigenvalue weighted by molar-refractivity contribution is 0.0940. The minimum absolute atomic E-state index is 0.0361. The number of nitrogens with zero attached hydrogens (tertiary/aromatic N) is 3. The number of rotatable bonds is 5. The van der Waals surface area contributed by atoms with E-state index in [1.54, 1.807) is 0 Å². The lowest BCUT2D eigenvalue weighted by atomic mass is 10.1. The molecule has 1 saturated heterocycles. The van der Waals surface area contributed by atoms with E-state index >= 15 is 0 Å². The Morgan fingerprint density at radius 3 is 2.59 bits per heavy atom. The number of anilines is 2. The van der Waals surface area contributed by atoms with Crippen LogP contribution in [-0.2, 0) is 0 Å². The molecule has 3 aromatic rings. The highest BCUT2D eigenvalue weighted by Gasteiger charge is 2.26. The number of hydrogen-bond acceptors (Lipinski definition) is 4. The van der Waals surface area contributed by atoms with Gasteiger partial charge in [-0.2, -0.15) is 5.10 Å². The van der Waals surface area contributed by atoms with Crippen molar-refractivity contribution in [2.75, 3.05) is 37.0 Å². The first-order valence-corrected chi connectivity index (χ1v) is 10.0. The van der Waals surface area contributed by atoms with Crippen molar-refractivity contribution in [3.8, 4) is 11.3 Å². The van der Waals surface area contributed by atoms with Crippen molar-refractivity contribution in [3.63, 3.8) is 0 Å². The number of carbonyl (C=O) groups is 1. The number of benzene rings is 2. The summed E-state index contributed by atoms with van der Waals surface area (Å²) in [5.74, 6) is 0.855. The molecule has 2 heterocycles. The third-order valence-corrected chi connectivity index (χ3v) is 5.46. The molecule has 1 aliphatic rings. The number of aromatic nitrogens is 2. The van der Waals surface area contributed by atoms with Gasteiger partial charge in [-0.05, 0) is 48.4 Å². The molecule has 1 aliphatic heterocycles. The summed E-state index contributed by atoms with van der Waals surface area (Å²) in [5, 5.41) is 11.4. The Kier molecular flexibility index (Phi) is 5.45. The maximum atomic E-state index is 12.6. The monoisotopic (exact) mass is 409 g/mol. The van der Waals surface area contributed by atoms with Crippen LogP contribution in [0, 0.1) is 0 Å². The lowest BCUT2D eigenvalue weighted by Gasteiger charge is -2.16. The van der Waals surface area contributed by atoms with Crippen LogP contribution in [0.15, 0.2) is 54.6 Å². The van der Waals surface area contributed by atoms with Crippen LogP contribution in [0.1, 0.15) is 16.8 Å². The Labute approximate surface area is 175 Å². The summed E-state index contributed by atoms with van der Waals surface area (Å²) in [7, 11) is 3.96. The fourth-order valence-corrected chi connectivity index (χ4v) is 3.64. The zero-order valence-electron chi connectivity index (χ0n) is 16.5. The van der Waals surface area contributed by atoms with Gasteiger partial charge in [0.15, 0.2) is 5.82 Å². The average molecular weight is 410 g/mol. The second-order valence-corrected chi connectivity index (χ2v) is 7.93. The van der Waals surface area contributed by atoms with Crippen molar-refractivity contribution in [2.45, 2.75) is 12.5 Å². The van der Waals surface area contributed by atoms with Gasteiger partial charge in [0, 0.05) is 55.6 Å². The van der Waals surface area contributed by atoms with E-state index in [-0.39, 0.29) is 11.9 Å². The van der Waals surface area contributed by atoms with E-state index in [1.165, 1.54) is 0 Å². The van der Waals surface area contributed by atoms with Crippen LogP contribution in [-0.4, -0.2) is 49.3 Å². The summed E-state index contributed by atoms with van der Waals surface area (Å²) in [6.07, 6.45) is 0.894. The minimum Gasteiger partial charge on any atom is -0.378 e. The summed E-state index contributed by atoms with van der Waals surface area (Å²) in [6, 6.07) is 17.4. The Hall–Kier alpha value is -2.99. The SMILES string of the molecule is CN(C)c1ccc(C(=O)NC2CCN(c3cc(-c4ccc(Cl)cc4)[nH]n3)C2)cc1. The Balaban J connectivity index is 1.36. The number of nitrogens with one attached hydrogen (secondary N) is 2. The van der Waals surface area contributed by atoms with Crippen molar-refractivity contribution in [1.82, 2.24) is 15.5 Å². The van der Waals surface area contributed by atoms with E-state index in [9.17, 15) is 4.79 Å². The third-order valence-electron chi connectivity index (χ3n) is 5.21. The normalized spacial score (nSPS) is 16.1. The molecule has 1 aromatic heterocycles. The van der Waals surface area contributed by atoms with Gasteiger partial charge in [0.25, 0.3) is 5.91 Å². The third kappa shape index (κ3) is 4.38. The van der Waals surface area contributed by atoms with Gasteiger partial charge in [0.2, 0.25) is 0 Å². The van der Waals surface area contributed by atoms with Crippen molar-refractivity contribution in [1.29, 1.82) is 0 Å². The molecule has 7 heteroatoms. The molecule has 0 spiro atoms. The molecule has 6 nitrogen and oxygen atoms in total. The van der Waals surface area contributed by atoms with Crippen LogP contribution in [0.25, 0.3) is 11.3 Å². The van der Waals surface area contributed by atoms with Crippen LogP contribution >= 0.6 is 11.6 Å². The predicted octanol–water partition coefficient (Wildman–Crippen LogP) is 3.80. The number of H-pyrrole nitrogens is 1. The van der Waals surface area contributed by atoms with Crippen LogP contribution in [0.3, 0.4) is 0 Å². The van der Waals surface area contributed by atoms with Gasteiger partial charge in [-0.1, -0.05) is 23.7 Å². The van der Waals surface area contributed by atoms with Gasteiger partial charge in [0.05, 0.1) is 5.69 Å². The summed E-state index contributed by atoms with van der Waals surface area (Å²) >= 11 is 5.96. The Morgan fingerprint density at radius 2 is 1.90 bits per heavy atom. The molecule has 0 saturated carbocycles. The number of carbonyl (C=O) groups excluding carboxylic acids is 1. The number of halogens is 1. The molecule has 2 N–H and O–H groups in total. The van der Waals surface area contributed by atoms with Gasteiger partial charge in [-0.3, -0.25) is 9.89 Å². The lowest BCUT2D eigenvalue weighted by Crippen LogP contribution is -2.37. The maximum Gasteiger partial charge on any atom is 0.251 e. The molecular formula is C22H24ClN5O. The number of amides is 1. The Morgan fingerprint density at radius 1 is 1.17 bits per heavy atom. The molecule has 150 valence electrons. The van der Waals surface area contributed by atoms with Gasteiger partial charge >= 0.3 is 0 Å².